The maximum absolute atomic E-state index is 12.6. The Hall–Kier alpha value is -1.03. The first-order valence-electron chi connectivity index (χ1n) is 16.7. The van der Waals surface area contributed by atoms with E-state index in [0.717, 1.165) is 80.6 Å². The first-order valence-corrected chi connectivity index (χ1v) is 16.7. The van der Waals surface area contributed by atoms with Gasteiger partial charge >= 0.3 is 6.09 Å². The number of hydrogen-bond acceptors (Lipinski definition) is 3. The van der Waals surface area contributed by atoms with Gasteiger partial charge in [-0.3, -0.25) is 0 Å². The van der Waals surface area contributed by atoms with Crippen LogP contribution >= 0.6 is 0 Å². The summed E-state index contributed by atoms with van der Waals surface area (Å²) in [5.41, 5.74) is 0.581. The number of aliphatic hydroxyl groups excluding tert-OH is 1. The van der Waals surface area contributed by atoms with E-state index in [2.05, 4.69) is 32.9 Å². The Balaban J connectivity index is 1.12. The molecule has 1 aliphatic heterocycles. The van der Waals surface area contributed by atoms with E-state index in [1.54, 1.807) is 0 Å². The summed E-state index contributed by atoms with van der Waals surface area (Å²) >= 11 is 0. The molecule has 1 amide bonds. The van der Waals surface area contributed by atoms with Crippen molar-refractivity contribution < 1.29 is 14.6 Å². The topological polar surface area (TPSA) is 49.8 Å². The maximum atomic E-state index is 12.6. The number of carbonyl (C=O) groups is 1. The largest absolute Gasteiger partial charge is 0.444 e. The van der Waals surface area contributed by atoms with Crippen LogP contribution in [0.15, 0.2) is 12.2 Å². The van der Waals surface area contributed by atoms with Crippen molar-refractivity contribution in [3.05, 3.63) is 12.2 Å². The highest BCUT2D eigenvalue weighted by atomic mass is 16.6. The van der Waals surface area contributed by atoms with Crippen molar-refractivity contribution in [2.45, 2.75) is 149 Å². The van der Waals surface area contributed by atoms with Crippen molar-refractivity contribution in [3.8, 4) is 0 Å². The first-order chi connectivity index (χ1) is 18.4. The molecule has 4 aliphatic carbocycles. The Morgan fingerprint density at radius 3 is 2.51 bits per heavy atom. The highest BCUT2D eigenvalue weighted by Gasteiger charge is 2.60. The molecule has 1 N–H and O–H groups in total. The number of ether oxygens (including phenoxy) is 1. The molecular weight excluding hydrogens is 482 g/mol. The first kappa shape index (κ1) is 29.5. The van der Waals surface area contributed by atoms with Gasteiger partial charge in [0.1, 0.15) is 5.60 Å². The maximum Gasteiger partial charge on any atom is 0.410 e. The monoisotopic (exact) mass is 541 g/mol. The standard InChI is InChI=1S/C35H59NO3/c1-24(11-8-7-9-12-26-13-10-22-36(26)32(38)39-33(2,3)4)29-16-17-30-28-15-14-25-23-27(37)18-20-34(25,5)31(28)19-21-35(29,30)6/h7,9,24-31,37H,8,10-23H2,1-6H3/b9-7-/t24-,25-,26?,27-,28+,29-,30+,31+,34+,35-/m1/s1. The van der Waals surface area contributed by atoms with Crippen molar-refractivity contribution in [3.63, 3.8) is 0 Å². The van der Waals surface area contributed by atoms with Crippen LogP contribution in [0.3, 0.4) is 0 Å². The van der Waals surface area contributed by atoms with Crippen molar-refractivity contribution in [2.24, 2.45) is 46.3 Å². The zero-order valence-electron chi connectivity index (χ0n) is 26.1. The lowest BCUT2D eigenvalue weighted by molar-refractivity contribution is -0.129. The average Bonchev–Trinajstić information content (AvgIpc) is 3.47. The molecule has 222 valence electrons. The SMILES string of the molecule is C[C@H](CC/C=C\CC1CCCN1C(=O)OC(C)(C)C)[C@H]1CC[C@H]2[C@@H]3CC[C@@H]4C[C@H](O)CC[C@]4(C)[C@H]3CC[C@]12C. The molecule has 1 heterocycles. The lowest BCUT2D eigenvalue weighted by Crippen LogP contribution is -2.54. The smallest absolute Gasteiger partial charge is 0.410 e. The molecule has 4 saturated carbocycles. The zero-order valence-corrected chi connectivity index (χ0v) is 26.1. The van der Waals surface area contributed by atoms with Gasteiger partial charge in [0.15, 0.2) is 0 Å². The minimum absolute atomic E-state index is 0.0404. The lowest BCUT2D eigenvalue weighted by Gasteiger charge is -2.61. The summed E-state index contributed by atoms with van der Waals surface area (Å²) in [6, 6.07) is 0.294. The normalized spacial score (nSPS) is 43.2. The molecular formula is C35H59NO3. The molecule has 5 rings (SSSR count). The second-order valence-electron chi connectivity index (χ2n) is 16.0. The summed E-state index contributed by atoms with van der Waals surface area (Å²) in [7, 11) is 0. The fourth-order valence-corrected chi connectivity index (χ4v) is 10.8. The van der Waals surface area contributed by atoms with Gasteiger partial charge in [0.05, 0.1) is 6.10 Å². The molecule has 0 aromatic carbocycles. The van der Waals surface area contributed by atoms with Gasteiger partial charge < -0.3 is 14.7 Å². The number of fused-ring (bicyclic) bond motifs is 5. The minimum atomic E-state index is -0.428. The van der Waals surface area contributed by atoms with Gasteiger partial charge in [0, 0.05) is 12.6 Å². The van der Waals surface area contributed by atoms with E-state index in [-0.39, 0.29) is 12.2 Å². The number of aliphatic hydroxyl groups is 1. The van der Waals surface area contributed by atoms with E-state index in [4.69, 9.17) is 4.74 Å². The molecule has 0 bridgehead atoms. The number of nitrogens with zero attached hydrogens (tertiary/aromatic N) is 1. The highest BCUT2D eigenvalue weighted by Crippen LogP contribution is 2.68. The third-order valence-electron chi connectivity index (χ3n) is 12.8. The molecule has 0 aromatic rings. The molecule has 1 unspecified atom stereocenters. The molecule has 0 aromatic heterocycles. The molecule has 1 saturated heterocycles. The van der Waals surface area contributed by atoms with Gasteiger partial charge in [-0.2, -0.15) is 0 Å². The van der Waals surface area contributed by atoms with E-state index >= 15 is 0 Å². The van der Waals surface area contributed by atoms with Crippen molar-refractivity contribution in [1.82, 2.24) is 4.90 Å². The van der Waals surface area contributed by atoms with Crippen molar-refractivity contribution >= 4 is 6.09 Å². The molecule has 0 spiro atoms. The number of amides is 1. The number of rotatable bonds is 6. The van der Waals surface area contributed by atoms with Crippen LogP contribution in [0.5, 0.6) is 0 Å². The predicted octanol–water partition coefficient (Wildman–Crippen LogP) is 8.77. The van der Waals surface area contributed by atoms with Crippen LogP contribution < -0.4 is 0 Å². The molecule has 10 atom stereocenters. The quantitative estimate of drug-likeness (QED) is 0.342. The van der Waals surface area contributed by atoms with Crippen LogP contribution in [0.4, 0.5) is 4.79 Å². The number of likely N-dealkylation sites (tertiary alicyclic amines) is 1. The number of allylic oxidation sites excluding steroid dienone is 1. The van der Waals surface area contributed by atoms with Gasteiger partial charge in [-0.15, -0.1) is 0 Å². The Bertz CT molecular complexity index is 893. The summed E-state index contributed by atoms with van der Waals surface area (Å²) in [6.07, 6.45) is 22.0. The highest BCUT2D eigenvalue weighted by molar-refractivity contribution is 5.69. The number of hydrogen-bond donors (Lipinski definition) is 1. The Morgan fingerprint density at radius 1 is 1.00 bits per heavy atom. The van der Waals surface area contributed by atoms with Gasteiger partial charge in [-0.1, -0.05) is 32.9 Å². The summed E-state index contributed by atoms with van der Waals surface area (Å²) in [5, 5.41) is 10.4. The van der Waals surface area contributed by atoms with Gasteiger partial charge in [0.25, 0.3) is 0 Å². The Kier molecular flexibility index (Phi) is 8.56. The van der Waals surface area contributed by atoms with Crippen LogP contribution in [-0.2, 0) is 4.74 Å². The Labute approximate surface area is 239 Å². The van der Waals surface area contributed by atoms with Crippen LogP contribution in [-0.4, -0.2) is 40.4 Å². The van der Waals surface area contributed by atoms with E-state index < -0.39 is 5.60 Å². The zero-order chi connectivity index (χ0) is 28.0. The van der Waals surface area contributed by atoms with E-state index in [0.29, 0.717) is 16.9 Å². The fourth-order valence-electron chi connectivity index (χ4n) is 10.8. The summed E-state index contributed by atoms with van der Waals surface area (Å²) in [5.74, 6) is 5.15. The summed E-state index contributed by atoms with van der Waals surface area (Å²) < 4.78 is 5.64. The average molecular weight is 542 g/mol. The van der Waals surface area contributed by atoms with Gasteiger partial charge in [-0.25, -0.2) is 4.79 Å². The summed E-state index contributed by atoms with van der Waals surface area (Å²) in [6.45, 7) is 14.5. The van der Waals surface area contributed by atoms with E-state index in [1.807, 2.05) is 25.7 Å². The molecule has 4 heteroatoms. The third-order valence-corrected chi connectivity index (χ3v) is 12.8. The minimum Gasteiger partial charge on any atom is -0.444 e. The van der Waals surface area contributed by atoms with Crippen LogP contribution in [0.25, 0.3) is 0 Å². The molecule has 5 fully saturated rings. The molecule has 5 aliphatic rings. The Morgan fingerprint density at radius 2 is 1.74 bits per heavy atom. The number of carbonyl (C=O) groups excluding carboxylic acids is 1. The van der Waals surface area contributed by atoms with Crippen LogP contribution in [0, 0.1) is 46.3 Å². The molecule has 0 radical (unpaired) electrons. The fraction of sp³-hybridized carbons (Fsp3) is 0.914. The van der Waals surface area contributed by atoms with Crippen LogP contribution in [0.2, 0.25) is 0 Å². The van der Waals surface area contributed by atoms with Gasteiger partial charge in [-0.05, 0) is 157 Å². The van der Waals surface area contributed by atoms with Crippen molar-refractivity contribution in [1.29, 1.82) is 0 Å². The molecule has 4 nitrogen and oxygen atoms in total. The van der Waals surface area contributed by atoms with Crippen molar-refractivity contribution in [2.75, 3.05) is 6.54 Å². The molecule has 39 heavy (non-hydrogen) atoms. The van der Waals surface area contributed by atoms with E-state index in [1.165, 1.54) is 51.4 Å². The third kappa shape index (κ3) is 5.84. The van der Waals surface area contributed by atoms with Gasteiger partial charge in [0.2, 0.25) is 0 Å². The summed E-state index contributed by atoms with van der Waals surface area (Å²) in [4.78, 5) is 14.6. The second-order valence-corrected chi connectivity index (χ2v) is 16.0. The van der Waals surface area contributed by atoms with Crippen LogP contribution in [0.1, 0.15) is 131 Å². The lowest BCUT2D eigenvalue weighted by atomic mass is 9.44. The predicted molar refractivity (Wildman–Crippen MR) is 159 cm³/mol. The second kappa shape index (κ2) is 11.3. The van der Waals surface area contributed by atoms with E-state index in [9.17, 15) is 9.90 Å².